The van der Waals surface area contributed by atoms with Crippen molar-refractivity contribution < 1.29 is 19.4 Å². The number of methoxy groups -OCH3 is 1. The lowest BCUT2D eigenvalue weighted by atomic mass is 9.86. The van der Waals surface area contributed by atoms with E-state index in [-0.39, 0.29) is 24.3 Å². The Hall–Kier alpha value is -1.88. The summed E-state index contributed by atoms with van der Waals surface area (Å²) < 4.78 is 4.78. The third kappa shape index (κ3) is 5.85. The fraction of sp³-hybridized carbons (Fsp3) is 0.529. The number of rotatable bonds is 7. The number of carboxylic acids is 1. The SMILES string of the molecule is COCC(NC(=O)CCc1ccc(C(C)(C)C)cc1)C(=O)O. The zero-order valence-electron chi connectivity index (χ0n) is 13.7. The molecule has 0 spiro atoms. The molecular weight excluding hydrogens is 282 g/mol. The van der Waals surface area contributed by atoms with E-state index in [1.165, 1.54) is 12.7 Å². The molecule has 0 aliphatic heterocycles. The Morgan fingerprint density at radius 2 is 1.82 bits per heavy atom. The van der Waals surface area contributed by atoms with Gasteiger partial charge in [0, 0.05) is 13.5 Å². The van der Waals surface area contributed by atoms with Gasteiger partial charge < -0.3 is 15.2 Å². The van der Waals surface area contributed by atoms with Gasteiger partial charge in [-0.3, -0.25) is 4.79 Å². The van der Waals surface area contributed by atoms with Crippen LogP contribution in [0.1, 0.15) is 38.3 Å². The van der Waals surface area contributed by atoms with E-state index in [1.54, 1.807) is 0 Å². The second-order valence-electron chi connectivity index (χ2n) is 6.36. The number of aliphatic carboxylic acids is 1. The van der Waals surface area contributed by atoms with Crippen LogP contribution in [0.3, 0.4) is 0 Å². The minimum atomic E-state index is -1.09. The summed E-state index contributed by atoms with van der Waals surface area (Å²) in [5, 5.41) is 11.4. The van der Waals surface area contributed by atoms with Gasteiger partial charge in [0.05, 0.1) is 6.61 Å². The van der Waals surface area contributed by atoms with E-state index in [0.29, 0.717) is 6.42 Å². The van der Waals surface area contributed by atoms with Gasteiger partial charge in [-0.15, -0.1) is 0 Å². The fourth-order valence-corrected chi connectivity index (χ4v) is 2.04. The molecule has 0 saturated carbocycles. The first kappa shape index (κ1) is 18.2. The molecule has 0 aromatic heterocycles. The van der Waals surface area contributed by atoms with Gasteiger partial charge in [-0.2, -0.15) is 0 Å². The third-order valence-electron chi connectivity index (χ3n) is 3.43. The molecule has 1 rings (SSSR count). The largest absolute Gasteiger partial charge is 0.480 e. The predicted octanol–water partition coefficient (Wildman–Crippen LogP) is 2.13. The average molecular weight is 307 g/mol. The molecule has 0 bridgehead atoms. The van der Waals surface area contributed by atoms with Gasteiger partial charge in [-0.25, -0.2) is 4.79 Å². The number of carbonyl (C=O) groups excluding carboxylic acids is 1. The van der Waals surface area contributed by atoms with E-state index in [2.05, 4.69) is 38.2 Å². The highest BCUT2D eigenvalue weighted by Gasteiger charge is 2.19. The molecule has 0 fully saturated rings. The number of carboxylic acid groups (broad SMARTS) is 1. The molecule has 1 aromatic carbocycles. The highest BCUT2D eigenvalue weighted by atomic mass is 16.5. The Kier molecular flexibility index (Phi) is 6.56. The number of aryl methyl sites for hydroxylation is 1. The van der Waals surface area contributed by atoms with E-state index >= 15 is 0 Å². The smallest absolute Gasteiger partial charge is 0.328 e. The van der Waals surface area contributed by atoms with Crippen molar-refractivity contribution in [3.8, 4) is 0 Å². The summed E-state index contributed by atoms with van der Waals surface area (Å²) in [6.45, 7) is 6.41. The Morgan fingerprint density at radius 1 is 1.23 bits per heavy atom. The highest BCUT2D eigenvalue weighted by Crippen LogP contribution is 2.22. The molecule has 0 radical (unpaired) electrons. The Bertz CT molecular complexity index is 502. The van der Waals surface area contributed by atoms with Crippen LogP contribution in [0.2, 0.25) is 0 Å². The second-order valence-corrected chi connectivity index (χ2v) is 6.36. The quantitative estimate of drug-likeness (QED) is 0.809. The van der Waals surface area contributed by atoms with Gasteiger partial charge in [0.2, 0.25) is 5.91 Å². The second kappa shape index (κ2) is 7.94. The maximum atomic E-state index is 11.8. The number of hydrogen-bond donors (Lipinski definition) is 2. The van der Waals surface area contributed by atoms with Gasteiger partial charge in [-0.05, 0) is 23.0 Å². The number of ether oxygens (including phenoxy) is 1. The van der Waals surface area contributed by atoms with Crippen molar-refractivity contribution in [2.45, 2.75) is 45.1 Å². The van der Waals surface area contributed by atoms with Crippen LogP contribution in [0.25, 0.3) is 0 Å². The maximum absolute atomic E-state index is 11.8. The van der Waals surface area contributed by atoms with Crippen LogP contribution in [-0.2, 0) is 26.2 Å². The van der Waals surface area contributed by atoms with Crippen molar-refractivity contribution in [2.75, 3.05) is 13.7 Å². The molecule has 1 amide bonds. The normalized spacial score (nSPS) is 12.7. The summed E-state index contributed by atoms with van der Waals surface area (Å²) in [5.41, 5.74) is 2.40. The highest BCUT2D eigenvalue weighted by molar-refractivity contribution is 5.83. The molecule has 1 unspecified atom stereocenters. The van der Waals surface area contributed by atoms with Crippen LogP contribution in [-0.4, -0.2) is 36.7 Å². The van der Waals surface area contributed by atoms with Crippen molar-refractivity contribution in [3.63, 3.8) is 0 Å². The molecule has 2 N–H and O–H groups in total. The maximum Gasteiger partial charge on any atom is 0.328 e. The fourth-order valence-electron chi connectivity index (χ4n) is 2.04. The lowest BCUT2D eigenvalue weighted by Crippen LogP contribution is -2.43. The van der Waals surface area contributed by atoms with Gasteiger partial charge in [0.15, 0.2) is 6.04 Å². The van der Waals surface area contributed by atoms with E-state index in [1.807, 2.05) is 12.1 Å². The Morgan fingerprint density at radius 3 is 2.27 bits per heavy atom. The molecule has 1 atom stereocenters. The zero-order chi connectivity index (χ0) is 16.8. The molecular formula is C17H25NO4. The van der Waals surface area contributed by atoms with Crippen molar-refractivity contribution in [3.05, 3.63) is 35.4 Å². The van der Waals surface area contributed by atoms with Gasteiger partial charge in [0.25, 0.3) is 0 Å². The number of amides is 1. The standard InChI is InChI=1S/C17H25NO4/c1-17(2,3)13-8-5-12(6-9-13)7-10-15(19)18-14(11-22-4)16(20)21/h5-6,8-9,14H,7,10-11H2,1-4H3,(H,18,19)(H,20,21). The molecule has 5 heteroatoms. The summed E-state index contributed by atoms with van der Waals surface area (Å²) in [6, 6.07) is 7.16. The van der Waals surface area contributed by atoms with Crippen LogP contribution in [0.5, 0.6) is 0 Å². The van der Waals surface area contributed by atoms with E-state index in [9.17, 15) is 9.59 Å². The lowest BCUT2D eigenvalue weighted by molar-refractivity contribution is -0.143. The summed E-state index contributed by atoms with van der Waals surface area (Å²) in [7, 11) is 1.40. The zero-order valence-corrected chi connectivity index (χ0v) is 13.7. The summed E-state index contributed by atoms with van der Waals surface area (Å²) in [4.78, 5) is 22.7. The van der Waals surface area contributed by atoms with Crippen LogP contribution >= 0.6 is 0 Å². The van der Waals surface area contributed by atoms with E-state index < -0.39 is 12.0 Å². The average Bonchev–Trinajstić information content (AvgIpc) is 2.44. The third-order valence-corrected chi connectivity index (χ3v) is 3.43. The van der Waals surface area contributed by atoms with Crippen LogP contribution < -0.4 is 5.32 Å². The van der Waals surface area contributed by atoms with E-state index in [0.717, 1.165) is 5.56 Å². The lowest BCUT2D eigenvalue weighted by Gasteiger charge is -2.19. The van der Waals surface area contributed by atoms with Crippen molar-refractivity contribution >= 4 is 11.9 Å². The van der Waals surface area contributed by atoms with Crippen LogP contribution in [0.4, 0.5) is 0 Å². The predicted molar refractivity (Wildman–Crippen MR) is 84.9 cm³/mol. The molecule has 22 heavy (non-hydrogen) atoms. The number of carbonyl (C=O) groups is 2. The first-order valence-electron chi connectivity index (χ1n) is 7.34. The summed E-state index contributed by atoms with van der Waals surface area (Å²) >= 11 is 0. The number of benzene rings is 1. The summed E-state index contributed by atoms with van der Waals surface area (Å²) in [5.74, 6) is -1.38. The van der Waals surface area contributed by atoms with Crippen molar-refractivity contribution in [1.29, 1.82) is 0 Å². The Balaban J connectivity index is 2.52. The molecule has 0 heterocycles. The molecule has 1 aromatic rings. The molecule has 0 aliphatic rings. The Labute approximate surface area is 131 Å². The van der Waals surface area contributed by atoms with E-state index in [4.69, 9.17) is 9.84 Å². The van der Waals surface area contributed by atoms with Gasteiger partial charge in [-0.1, -0.05) is 45.0 Å². The van der Waals surface area contributed by atoms with Crippen molar-refractivity contribution in [2.24, 2.45) is 0 Å². The molecule has 5 nitrogen and oxygen atoms in total. The number of nitrogens with one attached hydrogen (secondary N) is 1. The van der Waals surface area contributed by atoms with Crippen LogP contribution in [0, 0.1) is 0 Å². The minimum Gasteiger partial charge on any atom is -0.480 e. The van der Waals surface area contributed by atoms with Crippen LogP contribution in [0.15, 0.2) is 24.3 Å². The van der Waals surface area contributed by atoms with Gasteiger partial charge in [0.1, 0.15) is 0 Å². The number of hydrogen-bond acceptors (Lipinski definition) is 3. The summed E-state index contributed by atoms with van der Waals surface area (Å²) in [6.07, 6.45) is 0.831. The van der Waals surface area contributed by atoms with Gasteiger partial charge >= 0.3 is 5.97 Å². The first-order valence-corrected chi connectivity index (χ1v) is 7.34. The minimum absolute atomic E-state index is 0.0403. The molecule has 122 valence electrons. The molecule has 0 saturated heterocycles. The molecule has 0 aliphatic carbocycles. The monoisotopic (exact) mass is 307 g/mol. The van der Waals surface area contributed by atoms with Crippen molar-refractivity contribution in [1.82, 2.24) is 5.32 Å². The topological polar surface area (TPSA) is 75.6 Å². The first-order chi connectivity index (χ1) is 10.2.